The number of nitrogens with zero attached hydrogens (tertiary/aromatic N) is 3. The molecule has 0 radical (unpaired) electrons. The average molecular weight is 355 g/mol. The van der Waals surface area contributed by atoms with Gasteiger partial charge in [0, 0.05) is 21.9 Å². The first kappa shape index (κ1) is 13.2. The molecular formula is C16H11BrN4O. The first-order chi connectivity index (χ1) is 10.7. The van der Waals surface area contributed by atoms with Crippen molar-refractivity contribution in [3.8, 4) is 22.7 Å². The third-order valence-electron chi connectivity index (χ3n) is 3.60. The number of aromatic nitrogens is 4. The van der Waals surface area contributed by atoms with Gasteiger partial charge in [-0.05, 0) is 39.3 Å². The lowest BCUT2D eigenvalue weighted by molar-refractivity contribution is 0.561. The summed E-state index contributed by atoms with van der Waals surface area (Å²) in [6.07, 6.45) is 0. The molecule has 0 amide bonds. The number of H-pyrrole nitrogens is 1. The predicted octanol–water partition coefficient (Wildman–Crippen LogP) is 4.35. The minimum Gasteiger partial charge on any atom is -0.448 e. The van der Waals surface area contributed by atoms with Crippen molar-refractivity contribution in [3.63, 3.8) is 0 Å². The van der Waals surface area contributed by atoms with Crippen LogP contribution in [0.2, 0.25) is 0 Å². The Morgan fingerprint density at radius 3 is 2.64 bits per heavy atom. The topological polar surface area (TPSA) is 67.6 Å². The predicted molar refractivity (Wildman–Crippen MR) is 87.3 cm³/mol. The number of hydrogen-bond acceptors (Lipinski definition) is 4. The molecule has 0 saturated heterocycles. The van der Waals surface area contributed by atoms with Crippen molar-refractivity contribution in [1.82, 2.24) is 20.6 Å². The van der Waals surface area contributed by atoms with E-state index in [1.807, 2.05) is 24.3 Å². The third kappa shape index (κ3) is 2.03. The van der Waals surface area contributed by atoms with Gasteiger partial charge < -0.3 is 4.42 Å². The molecule has 2 heterocycles. The van der Waals surface area contributed by atoms with Gasteiger partial charge in [-0.3, -0.25) is 0 Å². The normalized spacial score (nSPS) is 11.2. The fourth-order valence-corrected chi connectivity index (χ4v) is 3.07. The largest absolute Gasteiger partial charge is 0.448 e. The van der Waals surface area contributed by atoms with E-state index in [4.69, 9.17) is 4.42 Å². The number of benzene rings is 2. The van der Waals surface area contributed by atoms with Crippen LogP contribution in [0.1, 0.15) is 5.56 Å². The summed E-state index contributed by atoms with van der Waals surface area (Å²) in [5, 5.41) is 16.2. The Labute approximate surface area is 134 Å². The van der Waals surface area contributed by atoms with E-state index >= 15 is 0 Å². The van der Waals surface area contributed by atoms with E-state index in [0.29, 0.717) is 5.82 Å². The highest BCUT2D eigenvalue weighted by atomic mass is 79.9. The van der Waals surface area contributed by atoms with Gasteiger partial charge in [0.1, 0.15) is 5.76 Å². The number of tetrazole rings is 1. The van der Waals surface area contributed by atoms with Crippen LogP contribution in [0.15, 0.2) is 51.6 Å². The average Bonchev–Trinajstić information content (AvgIpc) is 3.16. The second kappa shape index (κ2) is 5.06. The standard InChI is InChI=1S/C16H11BrN4O/c1-9-6-7-11-13(8-9)15(17)22-14(11)10-4-2-3-5-12(10)16-18-20-21-19-16/h2-8H,1H3,(H,18,19,20,21). The Balaban J connectivity index is 2.01. The van der Waals surface area contributed by atoms with E-state index in [-0.39, 0.29) is 0 Å². The minimum absolute atomic E-state index is 0.614. The highest BCUT2D eigenvalue weighted by molar-refractivity contribution is 9.10. The second-order valence-electron chi connectivity index (χ2n) is 5.05. The number of rotatable bonds is 2. The van der Waals surface area contributed by atoms with Crippen LogP contribution in [0.3, 0.4) is 0 Å². The van der Waals surface area contributed by atoms with Crippen molar-refractivity contribution < 1.29 is 4.42 Å². The van der Waals surface area contributed by atoms with Gasteiger partial charge >= 0.3 is 0 Å². The maximum absolute atomic E-state index is 5.98. The summed E-state index contributed by atoms with van der Waals surface area (Å²) in [4.78, 5) is 0. The van der Waals surface area contributed by atoms with E-state index in [9.17, 15) is 0 Å². The molecule has 5 nitrogen and oxygen atoms in total. The summed E-state index contributed by atoms with van der Waals surface area (Å²) in [7, 11) is 0. The lowest BCUT2D eigenvalue weighted by Crippen LogP contribution is -1.86. The molecule has 22 heavy (non-hydrogen) atoms. The van der Waals surface area contributed by atoms with Gasteiger partial charge in [0.15, 0.2) is 10.5 Å². The van der Waals surface area contributed by atoms with Gasteiger partial charge in [0.05, 0.1) is 0 Å². The zero-order valence-corrected chi connectivity index (χ0v) is 13.3. The zero-order valence-electron chi connectivity index (χ0n) is 11.7. The number of furan rings is 1. The molecule has 0 aliphatic carbocycles. The molecular weight excluding hydrogens is 344 g/mol. The van der Waals surface area contributed by atoms with E-state index < -0.39 is 0 Å². The van der Waals surface area contributed by atoms with E-state index in [2.05, 4.69) is 61.7 Å². The van der Waals surface area contributed by atoms with Crippen molar-refractivity contribution in [3.05, 3.63) is 52.7 Å². The molecule has 0 fully saturated rings. The molecule has 6 heteroatoms. The summed E-state index contributed by atoms with van der Waals surface area (Å²) >= 11 is 3.51. The summed E-state index contributed by atoms with van der Waals surface area (Å²) < 4.78 is 6.71. The van der Waals surface area contributed by atoms with Gasteiger partial charge in [-0.1, -0.05) is 42.0 Å². The molecule has 2 aromatic heterocycles. The van der Waals surface area contributed by atoms with Crippen LogP contribution in [0.5, 0.6) is 0 Å². The van der Waals surface area contributed by atoms with E-state index in [1.54, 1.807) is 0 Å². The van der Waals surface area contributed by atoms with Crippen LogP contribution in [0.25, 0.3) is 33.5 Å². The van der Waals surface area contributed by atoms with Gasteiger partial charge in [-0.15, -0.1) is 5.10 Å². The molecule has 1 N–H and O–H groups in total. The SMILES string of the molecule is Cc1ccc2c(-c3ccccc3-c3nnn[nH]3)oc(Br)c2c1. The minimum atomic E-state index is 0.614. The van der Waals surface area contributed by atoms with Crippen LogP contribution >= 0.6 is 15.9 Å². The number of nitrogens with one attached hydrogen (secondary N) is 1. The first-order valence-corrected chi connectivity index (χ1v) is 7.55. The maximum Gasteiger partial charge on any atom is 0.180 e. The first-order valence-electron chi connectivity index (χ1n) is 6.76. The molecule has 2 aromatic carbocycles. The number of aromatic amines is 1. The molecule has 0 aliphatic heterocycles. The zero-order chi connectivity index (χ0) is 15.1. The number of halogens is 1. The molecule has 108 valence electrons. The summed E-state index contributed by atoms with van der Waals surface area (Å²) in [5.74, 6) is 1.41. The summed E-state index contributed by atoms with van der Waals surface area (Å²) in [6, 6.07) is 14.1. The fraction of sp³-hybridized carbons (Fsp3) is 0.0625. The fourth-order valence-electron chi connectivity index (χ4n) is 2.58. The van der Waals surface area contributed by atoms with Gasteiger partial charge in [0.2, 0.25) is 0 Å². The Morgan fingerprint density at radius 1 is 1.05 bits per heavy atom. The van der Waals surface area contributed by atoms with Crippen molar-refractivity contribution in [2.24, 2.45) is 0 Å². The van der Waals surface area contributed by atoms with Crippen LogP contribution in [-0.4, -0.2) is 20.6 Å². The molecule has 0 aliphatic rings. The molecule has 0 saturated carbocycles. The van der Waals surface area contributed by atoms with Crippen LogP contribution in [-0.2, 0) is 0 Å². The van der Waals surface area contributed by atoms with Crippen LogP contribution < -0.4 is 0 Å². The van der Waals surface area contributed by atoms with Crippen molar-refractivity contribution in [2.45, 2.75) is 6.92 Å². The summed E-state index contributed by atoms with van der Waals surface area (Å²) in [6.45, 7) is 2.06. The van der Waals surface area contributed by atoms with Gasteiger partial charge in [-0.2, -0.15) is 0 Å². The highest BCUT2D eigenvalue weighted by Crippen LogP contribution is 2.40. The van der Waals surface area contributed by atoms with Crippen LogP contribution in [0.4, 0.5) is 0 Å². The molecule has 0 atom stereocenters. The van der Waals surface area contributed by atoms with E-state index in [1.165, 1.54) is 5.56 Å². The second-order valence-corrected chi connectivity index (χ2v) is 5.77. The lowest BCUT2D eigenvalue weighted by atomic mass is 10.0. The van der Waals surface area contributed by atoms with E-state index in [0.717, 1.165) is 32.3 Å². The van der Waals surface area contributed by atoms with Crippen molar-refractivity contribution in [2.75, 3.05) is 0 Å². The smallest absolute Gasteiger partial charge is 0.180 e. The number of aryl methyl sites for hydroxylation is 1. The van der Waals surface area contributed by atoms with Crippen molar-refractivity contribution in [1.29, 1.82) is 0 Å². The van der Waals surface area contributed by atoms with Crippen molar-refractivity contribution >= 4 is 26.7 Å². The Morgan fingerprint density at radius 2 is 1.86 bits per heavy atom. The Kier molecular flexibility index (Phi) is 3.04. The highest BCUT2D eigenvalue weighted by Gasteiger charge is 2.18. The number of fused-ring (bicyclic) bond motifs is 1. The lowest BCUT2D eigenvalue weighted by Gasteiger charge is -2.04. The molecule has 0 spiro atoms. The monoisotopic (exact) mass is 354 g/mol. The van der Waals surface area contributed by atoms with Gasteiger partial charge in [0.25, 0.3) is 0 Å². The molecule has 4 rings (SSSR count). The molecule has 0 bridgehead atoms. The third-order valence-corrected chi connectivity index (χ3v) is 4.18. The maximum atomic E-state index is 5.98. The quantitative estimate of drug-likeness (QED) is 0.580. The number of hydrogen-bond donors (Lipinski definition) is 1. The Bertz CT molecular complexity index is 960. The Hall–Kier alpha value is -2.47. The molecule has 4 aromatic rings. The summed E-state index contributed by atoms with van der Waals surface area (Å²) in [5.41, 5.74) is 3.03. The van der Waals surface area contributed by atoms with Gasteiger partial charge in [-0.25, -0.2) is 5.10 Å². The van der Waals surface area contributed by atoms with Crippen LogP contribution in [0, 0.1) is 6.92 Å². The molecule has 0 unspecified atom stereocenters.